The van der Waals surface area contributed by atoms with E-state index in [4.69, 9.17) is 9.97 Å². The van der Waals surface area contributed by atoms with Crippen molar-refractivity contribution in [1.82, 2.24) is 15.0 Å². The van der Waals surface area contributed by atoms with Crippen molar-refractivity contribution < 1.29 is 0 Å². The van der Waals surface area contributed by atoms with Crippen LogP contribution in [0.5, 0.6) is 0 Å². The smallest absolute Gasteiger partial charge is 0.160 e. The van der Waals surface area contributed by atoms with Gasteiger partial charge in [-0.25, -0.2) is 9.97 Å². The summed E-state index contributed by atoms with van der Waals surface area (Å²) in [6.07, 6.45) is 3.68. The molecule has 0 fully saturated rings. The molecule has 3 heteroatoms. The molecule has 7 aromatic carbocycles. The number of pyridine rings is 1. The van der Waals surface area contributed by atoms with Crippen molar-refractivity contribution in [2.75, 3.05) is 0 Å². The van der Waals surface area contributed by atoms with Crippen molar-refractivity contribution in [3.8, 4) is 56.2 Å². The molecule has 0 aliphatic heterocycles. The Hall–Kier alpha value is -6.19. The fourth-order valence-corrected chi connectivity index (χ4v) is 6.90. The summed E-state index contributed by atoms with van der Waals surface area (Å²) >= 11 is 0. The molecule has 2 heterocycles. The molecule has 9 rings (SSSR count). The van der Waals surface area contributed by atoms with E-state index in [1.165, 1.54) is 49.0 Å². The van der Waals surface area contributed by atoms with Gasteiger partial charge in [0.1, 0.15) is 0 Å². The van der Waals surface area contributed by atoms with E-state index in [-0.39, 0.29) is 0 Å². The van der Waals surface area contributed by atoms with Gasteiger partial charge >= 0.3 is 0 Å². The highest BCUT2D eigenvalue weighted by Gasteiger charge is 2.15. The molecule has 0 saturated carbocycles. The van der Waals surface area contributed by atoms with Gasteiger partial charge in [0, 0.05) is 34.6 Å². The minimum Gasteiger partial charge on any atom is -0.264 e. The van der Waals surface area contributed by atoms with Gasteiger partial charge in [0.05, 0.1) is 11.4 Å². The Balaban J connectivity index is 1.16. The lowest BCUT2D eigenvalue weighted by atomic mass is 9.89. The zero-order chi connectivity index (χ0) is 31.3. The van der Waals surface area contributed by atoms with E-state index in [1.54, 1.807) is 6.20 Å². The topological polar surface area (TPSA) is 38.7 Å². The average Bonchev–Trinajstić information content (AvgIpc) is 3.14. The van der Waals surface area contributed by atoms with Crippen LogP contribution in [0.3, 0.4) is 0 Å². The van der Waals surface area contributed by atoms with E-state index in [0.717, 1.165) is 39.2 Å². The van der Waals surface area contributed by atoms with Crippen molar-refractivity contribution >= 4 is 32.3 Å². The summed E-state index contributed by atoms with van der Waals surface area (Å²) in [6.45, 7) is 2.13. The van der Waals surface area contributed by atoms with E-state index in [2.05, 4.69) is 151 Å². The summed E-state index contributed by atoms with van der Waals surface area (Å²) in [6, 6.07) is 51.8. The molecule has 0 bridgehead atoms. The fourth-order valence-electron chi connectivity index (χ4n) is 6.90. The third-order valence-electron chi connectivity index (χ3n) is 9.28. The Morgan fingerprint density at radius 3 is 1.91 bits per heavy atom. The molecule has 0 radical (unpaired) electrons. The monoisotopic (exact) mass is 599 g/mol. The number of rotatable bonds is 5. The summed E-state index contributed by atoms with van der Waals surface area (Å²) < 4.78 is 0. The maximum absolute atomic E-state index is 5.14. The van der Waals surface area contributed by atoms with Gasteiger partial charge in [-0.3, -0.25) is 4.98 Å². The third kappa shape index (κ3) is 4.72. The van der Waals surface area contributed by atoms with Crippen LogP contribution in [0, 0.1) is 6.92 Å². The van der Waals surface area contributed by atoms with Crippen LogP contribution in [0.15, 0.2) is 158 Å². The summed E-state index contributed by atoms with van der Waals surface area (Å²) in [5.41, 5.74) is 10.7. The molecular formula is C44H29N3. The van der Waals surface area contributed by atoms with Gasteiger partial charge in [-0.05, 0) is 79.7 Å². The van der Waals surface area contributed by atoms with Gasteiger partial charge in [-0.1, -0.05) is 127 Å². The quantitative estimate of drug-likeness (QED) is 0.185. The molecule has 0 amide bonds. The SMILES string of the molecule is Cc1ccccc1-c1cc(-c2ccc(-c3ccc4ccc5cccc6ccc3c4c56)cc2)nc(-c2cccc(-c3cccnc3)c2)n1. The van der Waals surface area contributed by atoms with Gasteiger partial charge in [-0.2, -0.15) is 0 Å². The Bertz CT molecular complexity index is 2550. The normalized spacial score (nSPS) is 11.5. The second kappa shape index (κ2) is 11.0. The first-order valence-corrected chi connectivity index (χ1v) is 15.9. The first-order valence-electron chi connectivity index (χ1n) is 15.9. The van der Waals surface area contributed by atoms with E-state index >= 15 is 0 Å². The predicted molar refractivity (Wildman–Crippen MR) is 195 cm³/mol. The molecule has 9 aromatic rings. The zero-order valence-corrected chi connectivity index (χ0v) is 25.9. The molecule has 0 atom stereocenters. The van der Waals surface area contributed by atoms with Crippen LogP contribution in [0.25, 0.3) is 88.5 Å². The van der Waals surface area contributed by atoms with Crippen LogP contribution in [0.4, 0.5) is 0 Å². The van der Waals surface area contributed by atoms with Gasteiger partial charge in [0.15, 0.2) is 5.82 Å². The molecule has 0 unspecified atom stereocenters. The minimum absolute atomic E-state index is 0.697. The summed E-state index contributed by atoms with van der Waals surface area (Å²) in [5.74, 6) is 0.697. The maximum atomic E-state index is 5.14. The maximum Gasteiger partial charge on any atom is 0.160 e. The van der Waals surface area contributed by atoms with Gasteiger partial charge < -0.3 is 0 Å². The number of aromatic nitrogens is 3. The predicted octanol–water partition coefficient (Wildman–Crippen LogP) is 11.4. The standard InChI is InChI=1S/C44H29N3/c1-28-7-2-3-13-37(28)41-26-40(46-44(47-41)35-11-5-10-34(25-35)36-12-6-24-45-27-36)30-16-14-29(15-17-30)38-22-20-33-19-18-31-8-4-9-32-21-23-39(38)43(33)42(31)32/h2-27H,1H3. The number of hydrogen-bond donors (Lipinski definition) is 0. The Morgan fingerprint density at radius 1 is 0.426 bits per heavy atom. The second-order valence-corrected chi connectivity index (χ2v) is 12.1. The number of benzene rings is 7. The lowest BCUT2D eigenvalue weighted by Gasteiger charge is -2.15. The van der Waals surface area contributed by atoms with Crippen molar-refractivity contribution in [2.45, 2.75) is 6.92 Å². The highest BCUT2D eigenvalue weighted by molar-refractivity contribution is 6.25. The lowest BCUT2D eigenvalue weighted by Crippen LogP contribution is -1.97. The number of aryl methyl sites for hydroxylation is 1. The van der Waals surface area contributed by atoms with Crippen LogP contribution in [-0.2, 0) is 0 Å². The minimum atomic E-state index is 0.697. The van der Waals surface area contributed by atoms with Crippen LogP contribution in [0.2, 0.25) is 0 Å². The van der Waals surface area contributed by atoms with Crippen LogP contribution in [0.1, 0.15) is 5.56 Å². The molecule has 0 aliphatic carbocycles. The fraction of sp³-hybridized carbons (Fsp3) is 0.0227. The van der Waals surface area contributed by atoms with E-state index in [0.29, 0.717) is 5.82 Å². The molecule has 0 aliphatic rings. The molecular weight excluding hydrogens is 571 g/mol. The molecule has 0 saturated heterocycles. The molecule has 220 valence electrons. The number of nitrogens with zero attached hydrogens (tertiary/aromatic N) is 3. The van der Waals surface area contributed by atoms with Crippen LogP contribution >= 0.6 is 0 Å². The third-order valence-corrected chi connectivity index (χ3v) is 9.28. The van der Waals surface area contributed by atoms with E-state index in [1.807, 2.05) is 12.3 Å². The molecule has 3 nitrogen and oxygen atoms in total. The van der Waals surface area contributed by atoms with Crippen molar-refractivity contribution in [3.63, 3.8) is 0 Å². The second-order valence-electron chi connectivity index (χ2n) is 12.1. The first-order chi connectivity index (χ1) is 23.2. The van der Waals surface area contributed by atoms with E-state index in [9.17, 15) is 0 Å². The van der Waals surface area contributed by atoms with Crippen molar-refractivity contribution in [2.24, 2.45) is 0 Å². The Kier molecular flexibility index (Phi) is 6.36. The van der Waals surface area contributed by atoms with E-state index < -0.39 is 0 Å². The summed E-state index contributed by atoms with van der Waals surface area (Å²) in [4.78, 5) is 14.6. The van der Waals surface area contributed by atoms with Crippen LogP contribution in [-0.4, -0.2) is 15.0 Å². The first kappa shape index (κ1) is 27.1. The average molecular weight is 600 g/mol. The molecule has 47 heavy (non-hydrogen) atoms. The van der Waals surface area contributed by atoms with Gasteiger partial charge in [0.25, 0.3) is 0 Å². The summed E-state index contributed by atoms with van der Waals surface area (Å²) in [7, 11) is 0. The molecule has 2 aromatic heterocycles. The molecule has 0 spiro atoms. The highest BCUT2D eigenvalue weighted by atomic mass is 14.9. The largest absolute Gasteiger partial charge is 0.264 e. The zero-order valence-electron chi connectivity index (χ0n) is 25.9. The number of hydrogen-bond acceptors (Lipinski definition) is 3. The van der Waals surface area contributed by atoms with Crippen molar-refractivity contribution in [3.05, 3.63) is 164 Å². The van der Waals surface area contributed by atoms with Gasteiger partial charge in [-0.15, -0.1) is 0 Å². The highest BCUT2D eigenvalue weighted by Crippen LogP contribution is 2.40. The summed E-state index contributed by atoms with van der Waals surface area (Å²) in [5, 5.41) is 7.78. The van der Waals surface area contributed by atoms with Crippen LogP contribution < -0.4 is 0 Å². The molecule has 0 N–H and O–H groups in total. The Morgan fingerprint density at radius 2 is 1.11 bits per heavy atom. The Labute approximate surface area is 273 Å². The van der Waals surface area contributed by atoms with Crippen molar-refractivity contribution in [1.29, 1.82) is 0 Å². The van der Waals surface area contributed by atoms with Gasteiger partial charge in [0.2, 0.25) is 0 Å². The lowest BCUT2D eigenvalue weighted by molar-refractivity contribution is 1.18.